The van der Waals surface area contributed by atoms with Gasteiger partial charge in [0, 0.05) is 106 Å². The summed E-state index contributed by atoms with van der Waals surface area (Å²) in [5.41, 5.74) is 7.39. The summed E-state index contributed by atoms with van der Waals surface area (Å²) >= 11 is 2.78. The molecule has 6 aliphatic heterocycles. The van der Waals surface area contributed by atoms with Crippen molar-refractivity contribution < 1.29 is 72.2 Å². The molecule has 107 heavy (non-hydrogen) atoms. The summed E-state index contributed by atoms with van der Waals surface area (Å²) in [5, 5.41) is 8.90. The molecule has 28 heteroatoms. The van der Waals surface area contributed by atoms with Crippen LogP contribution in [0.3, 0.4) is 0 Å². The second-order valence-electron chi connectivity index (χ2n) is 27.5. The Balaban J connectivity index is 0.698. The summed E-state index contributed by atoms with van der Waals surface area (Å²) in [7, 11) is -13.2. The normalized spacial score (nSPS) is 17.8. The number of carbonyl (C=O) groups excluding carboxylic acids is 5. The molecule has 0 radical (unpaired) electrons. The Morgan fingerprint density at radius 1 is 0.738 bits per heavy atom. The van der Waals surface area contributed by atoms with Gasteiger partial charge in [-0.3, -0.25) is 28.4 Å². The number of nitrogens with zero attached hydrogens (tertiary/aromatic N) is 4. The largest absolute Gasteiger partial charge is 0.456 e. The highest BCUT2D eigenvalue weighted by Crippen LogP contribution is 2.47. The van der Waals surface area contributed by atoms with E-state index in [1.165, 1.54) is 57.0 Å². The average Bonchev–Trinajstić information content (AvgIpc) is 0.735. The number of esters is 1. The van der Waals surface area contributed by atoms with Gasteiger partial charge in [0.1, 0.15) is 47.1 Å². The number of β-lactam (4-membered cyclic amide) rings is 1. The SMILES string of the molecule is CC(C)(C)OC(=O)NCC(=O)NC1C(=O)N2C(C(=O)OC(c3ccccc3)c3ccccc3)=C(/C=C/CSc3ccccc3NC(=O)C3CCN(S(=O)(=O)c4ccccc4-c4c5ccc(=[N+]6CCCc7cc(S(=O)(=O)O)ccc76)cc-5oc5cc(N6CCCc7cc(S(=O)(=O)O)ccc76)ccc45)CC3)CSC12. The molecule has 7 aromatic carbocycles. The molecule has 0 spiro atoms. The van der Waals surface area contributed by atoms with E-state index in [0.717, 1.165) is 27.4 Å². The number of alkyl carbamates (subject to hydrolysis) is 1. The van der Waals surface area contributed by atoms with E-state index in [0.29, 0.717) is 111 Å². The number of rotatable bonds is 19. The number of benzene rings is 8. The minimum atomic E-state index is -4.47. The number of aryl methyl sites for hydroxylation is 2. The number of piperidine rings is 1. The van der Waals surface area contributed by atoms with E-state index in [9.17, 15) is 49.9 Å². The monoisotopic (exact) mass is 1540 g/mol. The Morgan fingerprint density at radius 2 is 1.41 bits per heavy atom. The van der Waals surface area contributed by atoms with Gasteiger partial charge in [-0.2, -0.15) is 25.7 Å². The second-order valence-corrected chi connectivity index (χ2v) is 34.5. The number of carbonyl (C=O) groups is 5. The number of para-hydroxylation sites is 1. The number of anilines is 3. The molecule has 552 valence electrons. The molecule has 0 saturated carbocycles. The van der Waals surface area contributed by atoms with Gasteiger partial charge in [-0.15, -0.1) is 23.5 Å². The van der Waals surface area contributed by atoms with Crippen molar-refractivity contribution in [3.63, 3.8) is 0 Å². The number of allylic oxidation sites excluding steroid dienone is 1. The number of fused-ring (bicyclic) bond motifs is 5. The molecular formula is C79H76N7O16S5+. The summed E-state index contributed by atoms with van der Waals surface area (Å²) in [6, 6.07) is 52.0. The Bertz CT molecular complexity index is 5470. The van der Waals surface area contributed by atoms with Crippen LogP contribution >= 0.6 is 23.5 Å². The summed E-state index contributed by atoms with van der Waals surface area (Å²) < 4.78 is 121. The third-order valence-electron chi connectivity index (χ3n) is 19.4. The maximum absolute atomic E-state index is 15.4. The number of amides is 4. The van der Waals surface area contributed by atoms with Gasteiger partial charge in [-0.1, -0.05) is 103 Å². The van der Waals surface area contributed by atoms with Crippen LogP contribution in [0, 0.1) is 5.92 Å². The van der Waals surface area contributed by atoms with E-state index in [1.54, 1.807) is 75.4 Å². The first-order valence-electron chi connectivity index (χ1n) is 34.9. The molecule has 2 saturated heterocycles. The molecule has 0 aromatic heterocycles. The molecule has 23 nitrogen and oxygen atoms in total. The number of thioether (sulfide) groups is 2. The lowest BCUT2D eigenvalue weighted by atomic mass is 9.93. The molecule has 4 amide bonds. The van der Waals surface area contributed by atoms with Gasteiger partial charge in [-0.05, 0) is 142 Å². The van der Waals surface area contributed by atoms with Crippen LogP contribution < -0.4 is 30.8 Å². The number of hydrogen-bond acceptors (Lipinski definition) is 17. The molecule has 1 aliphatic carbocycles. The van der Waals surface area contributed by atoms with Crippen LogP contribution in [-0.2, 0) is 71.8 Å². The van der Waals surface area contributed by atoms with Gasteiger partial charge in [-0.25, -0.2) is 18.0 Å². The van der Waals surface area contributed by atoms with Crippen molar-refractivity contribution >= 4 is 117 Å². The van der Waals surface area contributed by atoms with Gasteiger partial charge < -0.3 is 34.7 Å². The van der Waals surface area contributed by atoms with Crippen molar-refractivity contribution in [1.82, 2.24) is 24.4 Å². The Morgan fingerprint density at radius 3 is 2.13 bits per heavy atom. The van der Waals surface area contributed by atoms with E-state index < -0.39 is 89.7 Å². The molecule has 2 atom stereocenters. The highest BCUT2D eigenvalue weighted by Gasteiger charge is 2.54. The predicted octanol–water partition coefficient (Wildman–Crippen LogP) is 12.0. The second kappa shape index (κ2) is 30.4. The summed E-state index contributed by atoms with van der Waals surface area (Å²) in [4.78, 5) is 72.5. The Labute approximate surface area is 627 Å². The lowest BCUT2D eigenvalue weighted by molar-refractivity contribution is -0.154. The average molecular weight is 1540 g/mol. The van der Waals surface area contributed by atoms with Crippen LogP contribution in [0.15, 0.2) is 229 Å². The van der Waals surface area contributed by atoms with Crippen molar-refractivity contribution in [2.24, 2.45) is 5.92 Å². The molecule has 7 aliphatic rings. The summed E-state index contributed by atoms with van der Waals surface area (Å²) in [6.45, 7) is 5.86. The smallest absolute Gasteiger partial charge is 0.408 e. The van der Waals surface area contributed by atoms with E-state index in [2.05, 4.69) is 16.0 Å². The van der Waals surface area contributed by atoms with Crippen LogP contribution in [0.4, 0.5) is 27.5 Å². The van der Waals surface area contributed by atoms with Crippen LogP contribution in [-0.4, -0.2) is 135 Å². The van der Waals surface area contributed by atoms with E-state index in [4.69, 9.17) is 13.9 Å². The van der Waals surface area contributed by atoms with Crippen LogP contribution in [0.2, 0.25) is 0 Å². The lowest BCUT2D eigenvalue weighted by Gasteiger charge is -2.49. The molecule has 14 rings (SSSR count). The van der Waals surface area contributed by atoms with Gasteiger partial charge in [0.15, 0.2) is 6.10 Å². The van der Waals surface area contributed by atoms with E-state index in [1.807, 2.05) is 125 Å². The van der Waals surface area contributed by atoms with E-state index >= 15 is 8.42 Å². The number of sulfonamides is 1. The Kier molecular flexibility index (Phi) is 21.0. The third kappa shape index (κ3) is 15.8. The zero-order valence-corrected chi connectivity index (χ0v) is 62.5. The van der Waals surface area contributed by atoms with Crippen LogP contribution in [0.5, 0.6) is 0 Å². The summed E-state index contributed by atoms with van der Waals surface area (Å²) in [5.74, 6) is -1.69. The maximum atomic E-state index is 15.4. The van der Waals surface area contributed by atoms with E-state index in [-0.39, 0.29) is 58.0 Å². The molecule has 5 N–H and O–H groups in total. The first-order chi connectivity index (χ1) is 51.2. The number of nitrogens with one attached hydrogen (secondary N) is 3. The molecule has 7 aromatic rings. The molecule has 2 fully saturated rings. The number of ether oxygens (including phenoxy) is 2. The topological polar surface area (TPSA) is 309 Å². The third-order valence-corrected chi connectivity index (χ3v) is 25.4. The van der Waals surface area contributed by atoms with Crippen molar-refractivity contribution in [2.45, 2.75) is 102 Å². The van der Waals surface area contributed by atoms with Crippen molar-refractivity contribution in [3.05, 3.63) is 233 Å². The summed E-state index contributed by atoms with van der Waals surface area (Å²) in [6.07, 6.45) is 4.94. The van der Waals surface area contributed by atoms with Crippen LogP contribution in [0.1, 0.15) is 74.8 Å². The van der Waals surface area contributed by atoms with Crippen molar-refractivity contribution in [2.75, 3.05) is 54.4 Å². The molecule has 2 unspecified atom stereocenters. The zero-order chi connectivity index (χ0) is 75.1. The first-order valence-corrected chi connectivity index (χ1v) is 41.2. The minimum absolute atomic E-state index is 0.0295. The van der Waals surface area contributed by atoms with Gasteiger partial charge >= 0.3 is 12.1 Å². The molecule has 6 heterocycles. The zero-order valence-electron chi connectivity index (χ0n) is 58.4. The number of hydrogen-bond donors (Lipinski definition) is 5. The molecule has 0 bridgehead atoms. The van der Waals surface area contributed by atoms with Crippen molar-refractivity contribution in [3.8, 4) is 22.5 Å². The van der Waals surface area contributed by atoms with Crippen LogP contribution in [0.25, 0.3) is 33.4 Å². The maximum Gasteiger partial charge on any atom is 0.408 e. The quantitative estimate of drug-likeness (QED) is 0.0125. The highest BCUT2D eigenvalue weighted by atomic mass is 32.2. The van der Waals surface area contributed by atoms with Gasteiger partial charge in [0.25, 0.3) is 26.1 Å². The lowest BCUT2D eigenvalue weighted by Crippen LogP contribution is -2.71. The standard InChI is InChI=1S/C79H75N7O16S5/c1-79(2,3)102-78(91)80-47-69(87)82-71-75(89)86-72(77(90)101-73(49-17-6-4-7-18-49)50-19-8-5-9-20-50)54(48-104-76(71)86)23-16-42-103-67-26-12-11-25-62(67)81-74(88)51-36-40-83(41-37-51)105(92,93)68-27-13-10-24-61(68)70-59-32-28-55(84-38-14-21-52-43-57(106(94,95)96)30-34-63(52)84)45-65(59)100-66-46-56(29-33-60(66)70)85-39-15-22-53-44-58(107(97,98)99)31-35-64(53)85/h4-13,16-20,23-35,43-46,51,71,73,76H,14-15,21-22,36-42,47-48H2,1-3H3,(H4-,80,81,82,87,88,91,94,95,96,97,98,99)/p+1/b23-16+. The fourth-order valence-electron chi connectivity index (χ4n) is 14.4. The first kappa shape index (κ1) is 74.0. The highest BCUT2D eigenvalue weighted by molar-refractivity contribution is 8.00. The Hall–Kier alpha value is -9.91. The predicted molar refractivity (Wildman–Crippen MR) is 408 cm³/mol. The molecular weight excluding hydrogens is 1460 g/mol. The minimum Gasteiger partial charge on any atom is -0.456 e. The fourth-order valence-corrected chi connectivity index (χ4v) is 19.2. The fraction of sp³-hybridized carbons (Fsp3) is 0.266. The van der Waals surface area contributed by atoms with Crippen molar-refractivity contribution in [1.29, 1.82) is 0 Å². The van der Waals surface area contributed by atoms with Gasteiger partial charge in [0.05, 0.1) is 26.4 Å². The van der Waals surface area contributed by atoms with Gasteiger partial charge in [0.2, 0.25) is 32.9 Å².